The average molecular weight is 183 g/mol. The van der Waals surface area contributed by atoms with Gasteiger partial charge in [-0.3, -0.25) is 5.43 Å². The molecule has 0 unspecified atom stereocenters. The van der Waals surface area contributed by atoms with Gasteiger partial charge < -0.3 is 0 Å². The molecule has 1 aromatic carbocycles. The number of benzene rings is 1. The van der Waals surface area contributed by atoms with E-state index >= 15 is 0 Å². The molecule has 0 aliphatic rings. The molecular weight excluding hydrogens is 172 g/mol. The molecule has 0 radical (unpaired) electrons. The zero-order valence-electron chi connectivity index (χ0n) is 7.13. The second-order valence-electron chi connectivity index (χ2n) is 2.65. The predicted molar refractivity (Wildman–Crippen MR) is 53.9 cm³/mol. The Hall–Kier alpha value is -1.02. The van der Waals surface area contributed by atoms with Gasteiger partial charge in [-0.1, -0.05) is 23.7 Å². The van der Waals surface area contributed by atoms with Gasteiger partial charge in [0.05, 0.1) is 10.7 Å². The van der Waals surface area contributed by atoms with Crippen molar-refractivity contribution in [3.05, 3.63) is 29.3 Å². The van der Waals surface area contributed by atoms with Crippen molar-refractivity contribution in [3.8, 4) is 0 Å². The predicted octanol–water partition coefficient (Wildman–Crippen LogP) is 3.15. The zero-order chi connectivity index (χ0) is 8.97. The molecule has 12 heavy (non-hydrogen) atoms. The van der Waals surface area contributed by atoms with Crippen LogP contribution in [0.4, 0.5) is 5.69 Å². The quantitative estimate of drug-likeness (QED) is 0.552. The van der Waals surface area contributed by atoms with Gasteiger partial charge in [0.25, 0.3) is 0 Å². The van der Waals surface area contributed by atoms with Crippen LogP contribution in [-0.4, -0.2) is 5.71 Å². The summed E-state index contributed by atoms with van der Waals surface area (Å²) in [6, 6.07) is 7.50. The number of anilines is 1. The number of hydrazone groups is 1. The van der Waals surface area contributed by atoms with Gasteiger partial charge in [0.2, 0.25) is 0 Å². The van der Waals surface area contributed by atoms with E-state index in [1.807, 2.05) is 38.1 Å². The van der Waals surface area contributed by atoms with Gasteiger partial charge in [0.15, 0.2) is 0 Å². The van der Waals surface area contributed by atoms with Gasteiger partial charge in [0.1, 0.15) is 0 Å². The van der Waals surface area contributed by atoms with Crippen LogP contribution in [-0.2, 0) is 0 Å². The molecule has 0 spiro atoms. The summed E-state index contributed by atoms with van der Waals surface area (Å²) in [5.74, 6) is 0. The Kier molecular flexibility index (Phi) is 3.11. The Balaban J connectivity index is 2.76. The first-order chi connectivity index (χ1) is 5.70. The standard InChI is InChI=1S/C9H11ClN2/c1-7(2)11-12-9-6-4-3-5-8(9)10/h3-6,12H,1-2H3. The molecule has 0 heterocycles. The lowest BCUT2D eigenvalue weighted by molar-refractivity contribution is 1.32. The van der Waals surface area contributed by atoms with Gasteiger partial charge >= 0.3 is 0 Å². The van der Waals surface area contributed by atoms with E-state index in [1.165, 1.54) is 0 Å². The van der Waals surface area contributed by atoms with E-state index < -0.39 is 0 Å². The lowest BCUT2D eigenvalue weighted by Gasteiger charge is -2.01. The topological polar surface area (TPSA) is 24.4 Å². The first-order valence-electron chi connectivity index (χ1n) is 3.71. The molecular formula is C9H11ClN2. The van der Waals surface area contributed by atoms with Crippen molar-refractivity contribution in [1.82, 2.24) is 0 Å². The highest BCUT2D eigenvalue weighted by atomic mass is 35.5. The van der Waals surface area contributed by atoms with Crippen molar-refractivity contribution in [2.75, 3.05) is 5.43 Å². The number of nitrogens with one attached hydrogen (secondary N) is 1. The lowest BCUT2D eigenvalue weighted by Crippen LogP contribution is -1.92. The minimum atomic E-state index is 0.683. The fraction of sp³-hybridized carbons (Fsp3) is 0.222. The van der Waals surface area contributed by atoms with E-state index in [1.54, 1.807) is 0 Å². The molecule has 64 valence electrons. The molecule has 2 nitrogen and oxygen atoms in total. The second-order valence-corrected chi connectivity index (χ2v) is 3.06. The monoisotopic (exact) mass is 182 g/mol. The highest BCUT2D eigenvalue weighted by Crippen LogP contribution is 2.20. The summed E-state index contributed by atoms with van der Waals surface area (Å²) in [6.45, 7) is 3.84. The first kappa shape index (κ1) is 9.07. The number of hydrogen-bond acceptors (Lipinski definition) is 2. The van der Waals surface area contributed by atoms with Crippen LogP contribution >= 0.6 is 11.6 Å². The molecule has 0 aromatic heterocycles. The van der Waals surface area contributed by atoms with Gasteiger partial charge in [-0.2, -0.15) is 5.10 Å². The van der Waals surface area contributed by atoms with Crippen molar-refractivity contribution in [2.45, 2.75) is 13.8 Å². The highest BCUT2D eigenvalue weighted by molar-refractivity contribution is 6.33. The summed E-state index contributed by atoms with van der Waals surface area (Å²) in [5, 5.41) is 4.72. The van der Waals surface area contributed by atoms with Crippen molar-refractivity contribution in [2.24, 2.45) is 5.10 Å². The number of nitrogens with zero attached hydrogens (tertiary/aromatic N) is 1. The van der Waals surface area contributed by atoms with Crippen molar-refractivity contribution >= 4 is 23.0 Å². The number of rotatable bonds is 2. The molecule has 3 heteroatoms. The Morgan fingerprint density at radius 1 is 1.33 bits per heavy atom. The molecule has 0 aliphatic heterocycles. The highest BCUT2D eigenvalue weighted by Gasteiger charge is 1.94. The largest absolute Gasteiger partial charge is 0.277 e. The maximum atomic E-state index is 5.88. The van der Waals surface area contributed by atoms with E-state index in [0.29, 0.717) is 5.02 Å². The summed E-state index contributed by atoms with van der Waals surface area (Å²) in [5.41, 5.74) is 4.67. The fourth-order valence-corrected chi connectivity index (χ4v) is 0.902. The van der Waals surface area contributed by atoms with Crippen LogP contribution in [0.25, 0.3) is 0 Å². The maximum absolute atomic E-state index is 5.88. The van der Waals surface area contributed by atoms with Gasteiger partial charge in [-0.15, -0.1) is 0 Å². The molecule has 1 aromatic rings. The van der Waals surface area contributed by atoms with Gasteiger partial charge in [0, 0.05) is 5.71 Å². The van der Waals surface area contributed by atoms with E-state index in [0.717, 1.165) is 11.4 Å². The van der Waals surface area contributed by atoms with Crippen molar-refractivity contribution in [3.63, 3.8) is 0 Å². The Morgan fingerprint density at radius 3 is 2.58 bits per heavy atom. The maximum Gasteiger partial charge on any atom is 0.0748 e. The number of para-hydroxylation sites is 1. The van der Waals surface area contributed by atoms with E-state index in [2.05, 4.69) is 10.5 Å². The molecule has 0 bridgehead atoms. The van der Waals surface area contributed by atoms with Gasteiger partial charge in [-0.25, -0.2) is 0 Å². The van der Waals surface area contributed by atoms with Crippen molar-refractivity contribution in [1.29, 1.82) is 0 Å². The summed E-state index contributed by atoms with van der Waals surface area (Å²) in [4.78, 5) is 0. The van der Waals surface area contributed by atoms with E-state index in [-0.39, 0.29) is 0 Å². The lowest BCUT2D eigenvalue weighted by atomic mass is 10.3. The van der Waals surface area contributed by atoms with Crippen molar-refractivity contribution < 1.29 is 0 Å². The summed E-state index contributed by atoms with van der Waals surface area (Å²) >= 11 is 5.88. The first-order valence-corrected chi connectivity index (χ1v) is 4.09. The molecule has 1 rings (SSSR count). The number of halogens is 1. The second kappa shape index (κ2) is 4.12. The van der Waals surface area contributed by atoms with Gasteiger partial charge in [-0.05, 0) is 26.0 Å². The smallest absolute Gasteiger partial charge is 0.0748 e. The van der Waals surface area contributed by atoms with Crippen LogP contribution in [0.2, 0.25) is 5.02 Å². The third-order valence-electron chi connectivity index (χ3n) is 1.27. The Bertz CT molecular complexity index is 290. The Morgan fingerprint density at radius 2 is 2.00 bits per heavy atom. The van der Waals surface area contributed by atoms with E-state index in [9.17, 15) is 0 Å². The van der Waals surface area contributed by atoms with Crippen LogP contribution in [0.3, 0.4) is 0 Å². The number of hydrogen-bond donors (Lipinski definition) is 1. The molecule has 0 fully saturated rings. The average Bonchev–Trinajstić information content (AvgIpc) is 2.03. The SMILES string of the molecule is CC(C)=NNc1ccccc1Cl. The van der Waals surface area contributed by atoms with Crippen LogP contribution in [0.15, 0.2) is 29.4 Å². The summed E-state index contributed by atoms with van der Waals surface area (Å²) in [6.07, 6.45) is 0. The van der Waals surface area contributed by atoms with Crippen LogP contribution in [0.1, 0.15) is 13.8 Å². The minimum Gasteiger partial charge on any atom is -0.277 e. The zero-order valence-corrected chi connectivity index (χ0v) is 7.89. The van der Waals surface area contributed by atoms with Crippen LogP contribution in [0.5, 0.6) is 0 Å². The summed E-state index contributed by atoms with van der Waals surface area (Å²) < 4.78 is 0. The molecule has 0 amide bonds. The molecule has 0 aliphatic carbocycles. The van der Waals surface area contributed by atoms with Crippen LogP contribution in [0, 0.1) is 0 Å². The molecule has 0 atom stereocenters. The Labute approximate surface area is 77.2 Å². The van der Waals surface area contributed by atoms with Crippen LogP contribution < -0.4 is 5.43 Å². The molecule has 1 N–H and O–H groups in total. The normalized spacial score (nSPS) is 9.25. The summed E-state index contributed by atoms with van der Waals surface area (Å²) in [7, 11) is 0. The minimum absolute atomic E-state index is 0.683. The third kappa shape index (κ3) is 2.55. The third-order valence-corrected chi connectivity index (χ3v) is 1.60. The molecule has 0 saturated heterocycles. The fourth-order valence-electron chi connectivity index (χ4n) is 0.724. The van der Waals surface area contributed by atoms with E-state index in [4.69, 9.17) is 11.6 Å². The molecule has 0 saturated carbocycles.